The highest BCUT2D eigenvalue weighted by Gasteiger charge is 2.02. The average Bonchev–Trinajstić information content (AvgIpc) is 2.34. The number of amides is 2. The number of carbonyl (C=O) groups is 1. The van der Waals surface area contributed by atoms with Crippen molar-refractivity contribution in [1.29, 1.82) is 0 Å². The Labute approximate surface area is 94.7 Å². The first-order valence-electron chi connectivity index (χ1n) is 4.99. The zero-order chi connectivity index (χ0) is 11.8. The van der Waals surface area contributed by atoms with Crippen LogP contribution in [0.5, 0.6) is 11.5 Å². The summed E-state index contributed by atoms with van der Waals surface area (Å²) in [6.45, 7) is 0.839. The summed E-state index contributed by atoms with van der Waals surface area (Å²) in [5, 5.41) is 5.08. The van der Waals surface area contributed by atoms with E-state index in [2.05, 4.69) is 10.6 Å². The molecule has 0 saturated heterocycles. The summed E-state index contributed by atoms with van der Waals surface area (Å²) in [6.07, 6.45) is 0. The highest BCUT2D eigenvalue weighted by atomic mass is 16.5. The lowest BCUT2D eigenvalue weighted by Gasteiger charge is -2.10. The van der Waals surface area contributed by atoms with Crippen molar-refractivity contribution in [1.82, 2.24) is 10.6 Å². The third-order valence-corrected chi connectivity index (χ3v) is 1.94. The van der Waals surface area contributed by atoms with Crippen LogP contribution >= 0.6 is 0 Å². The molecule has 2 amide bonds. The maximum atomic E-state index is 10.8. The van der Waals surface area contributed by atoms with Crippen LogP contribution in [0.4, 0.5) is 4.79 Å². The molecular weight excluding hydrogens is 208 g/mol. The fourth-order valence-corrected chi connectivity index (χ4v) is 1.15. The summed E-state index contributed by atoms with van der Waals surface area (Å²) in [4.78, 5) is 10.8. The van der Waals surface area contributed by atoms with Crippen LogP contribution < -0.4 is 20.1 Å². The van der Waals surface area contributed by atoms with Crippen LogP contribution in [0.1, 0.15) is 0 Å². The third kappa shape index (κ3) is 3.68. The second kappa shape index (κ2) is 6.55. The number of benzene rings is 1. The van der Waals surface area contributed by atoms with E-state index in [9.17, 15) is 4.79 Å². The molecule has 0 unspecified atom stereocenters. The Balaban J connectivity index is 2.34. The zero-order valence-electron chi connectivity index (χ0n) is 9.45. The molecule has 0 atom stereocenters. The first kappa shape index (κ1) is 12.2. The molecule has 0 fully saturated rings. The molecule has 0 spiro atoms. The van der Waals surface area contributed by atoms with Gasteiger partial charge in [0.25, 0.3) is 0 Å². The van der Waals surface area contributed by atoms with Crippen molar-refractivity contribution in [2.24, 2.45) is 0 Å². The number of rotatable bonds is 5. The molecule has 0 saturated carbocycles. The van der Waals surface area contributed by atoms with Gasteiger partial charge in [0.15, 0.2) is 11.5 Å². The first-order valence-corrected chi connectivity index (χ1v) is 4.99. The van der Waals surface area contributed by atoms with Gasteiger partial charge in [0.2, 0.25) is 0 Å². The van der Waals surface area contributed by atoms with E-state index in [0.29, 0.717) is 24.7 Å². The number of urea groups is 1. The fourth-order valence-electron chi connectivity index (χ4n) is 1.15. The normalized spacial score (nSPS) is 9.38. The van der Waals surface area contributed by atoms with Gasteiger partial charge in [-0.3, -0.25) is 0 Å². The molecule has 2 N–H and O–H groups in total. The number of carbonyl (C=O) groups excluding carboxylic acids is 1. The Bertz CT molecular complexity index is 342. The molecule has 16 heavy (non-hydrogen) atoms. The molecule has 0 aliphatic carbocycles. The van der Waals surface area contributed by atoms with Gasteiger partial charge >= 0.3 is 6.03 Å². The van der Waals surface area contributed by atoms with Gasteiger partial charge in [0.1, 0.15) is 6.61 Å². The molecule has 0 aliphatic heterocycles. The highest BCUT2D eigenvalue weighted by Crippen LogP contribution is 2.25. The standard InChI is InChI=1S/C11H16N2O3/c1-12-11(14)13-7-8-16-10-6-4-3-5-9(10)15-2/h3-6H,7-8H2,1-2H3,(H2,12,13,14). The first-order chi connectivity index (χ1) is 7.77. The van der Waals surface area contributed by atoms with Crippen molar-refractivity contribution >= 4 is 6.03 Å². The molecular formula is C11H16N2O3. The summed E-state index contributed by atoms with van der Waals surface area (Å²) in [5.41, 5.74) is 0. The van der Waals surface area contributed by atoms with Gasteiger partial charge in [0.05, 0.1) is 13.7 Å². The summed E-state index contributed by atoms with van der Waals surface area (Å²) in [7, 11) is 3.15. The number of ether oxygens (including phenoxy) is 2. The van der Waals surface area contributed by atoms with Crippen molar-refractivity contribution in [3.8, 4) is 11.5 Å². The van der Waals surface area contributed by atoms with Crippen molar-refractivity contribution in [2.45, 2.75) is 0 Å². The van der Waals surface area contributed by atoms with E-state index >= 15 is 0 Å². The third-order valence-electron chi connectivity index (χ3n) is 1.94. The maximum Gasteiger partial charge on any atom is 0.314 e. The number of methoxy groups -OCH3 is 1. The number of hydrogen-bond donors (Lipinski definition) is 2. The minimum absolute atomic E-state index is 0.219. The Kier molecular flexibility index (Phi) is 4.98. The zero-order valence-corrected chi connectivity index (χ0v) is 9.45. The predicted molar refractivity (Wildman–Crippen MR) is 60.9 cm³/mol. The smallest absolute Gasteiger partial charge is 0.314 e. The Morgan fingerprint density at radius 3 is 2.62 bits per heavy atom. The maximum absolute atomic E-state index is 10.8. The minimum atomic E-state index is -0.219. The quantitative estimate of drug-likeness (QED) is 0.734. The van der Waals surface area contributed by atoms with Crippen LogP contribution in [-0.2, 0) is 0 Å². The lowest BCUT2D eigenvalue weighted by Crippen LogP contribution is -2.35. The summed E-state index contributed by atoms with van der Waals surface area (Å²) < 4.78 is 10.6. The number of nitrogens with one attached hydrogen (secondary N) is 2. The summed E-state index contributed by atoms with van der Waals surface area (Å²) in [6, 6.07) is 7.15. The highest BCUT2D eigenvalue weighted by molar-refractivity contribution is 5.73. The van der Waals surface area contributed by atoms with E-state index in [4.69, 9.17) is 9.47 Å². The molecule has 1 aromatic carbocycles. The Hall–Kier alpha value is -1.91. The van der Waals surface area contributed by atoms with E-state index in [-0.39, 0.29) is 6.03 Å². The number of hydrogen-bond acceptors (Lipinski definition) is 3. The monoisotopic (exact) mass is 224 g/mol. The molecule has 1 rings (SSSR count). The number of para-hydroxylation sites is 2. The van der Waals surface area contributed by atoms with E-state index in [0.717, 1.165) is 0 Å². The van der Waals surface area contributed by atoms with Gasteiger partial charge < -0.3 is 20.1 Å². The van der Waals surface area contributed by atoms with Crippen LogP contribution in [0.25, 0.3) is 0 Å². The molecule has 0 heterocycles. The van der Waals surface area contributed by atoms with Gasteiger partial charge in [-0.1, -0.05) is 12.1 Å². The molecule has 5 heteroatoms. The van der Waals surface area contributed by atoms with Crippen LogP contribution in [-0.4, -0.2) is 33.3 Å². The molecule has 0 radical (unpaired) electrons. The van der Waals surface area contributed by atoms with E-state index in [1.165, 1.54) is 0 Å². The second-order valence-electron chi connectivity index (χ2n) is 3.01. The molecule has 0 aromatic heterocycles. The molecule has 0 bridgehead atoms. The van der Waals surface area contributed by atoms with Crippen molar-refractivity contribution in [3.05, 3.63) is 24.3 Å². The van der Waals surface area contributed by atoms with Crippen molar-refractivity contribution < 1.29 is 14.3 Å². The lowest BCUT2D eigenvalue weighted by molar-refractivity contribution is 0.237. The van der Waals surface area contributed by atoms with Gasteiger partial charge in [-0.15, -0.1) is 0 Å². The van der Waals surface area contributed by atoms with Crippen LogP contribution in [0, 0.1) is 0 Å². The fraction of sp³-hybridized carbons (Fsp3) is 0.364. The van der Waals surface area contributed by atoms with Gasteiger partial charge in [0, 0.05) is 7.05 Å². The molecule has 0 aliphatic rings. The van der Waals surface area contributed by atoms with Crippen LogP contribution in [0.3, 0.4) is 0 Å². The van der Waals surface area contributed by atoms with E-state index in [1.54, 1.807) is 14.2 Å². The van der Waals surface area contributed by atoms with Crippen LogP contribution in [0.15, 0.2) is 24.3 Å². The largest absolute Gasteiger partial charge is 0.493 e. The Morgan fingerprint density at radius 2 is 2.00 bits per heavy atom. The predicted octanol–water partition coefficient (Wildman–Crippen LogP) is 1.00. The van der Waals surface area contributed by atoms with E-state index in [1.807, 2.05) is 24.3 Å². The molecule has 88 valence electrons. The average molecular weight is 224 g/mol. The molecule has 1 aromatic rings. The van der Waals surface area contributed by atoms with Gasteiger partial charge in [-0.05, 0) is 12.1 Å². The van der Waals surface area contributed by atoms with E-state index < -0.39 is 0 Å². The second-order valence-corrected chi connectivity index (χ2v) is 3.01. The van der Waals surface area contributed by atoms with Crippen molar-refractivity contribution in [2.75, 3.05) is 27.3 Å². The van der Waals surface area contributed by atoms with Crippen LogP contribution in [0.2, 0.25) is 0 Å². The van der Waals surface area contributed by atoms with Gasteiger partial charge in [-0.25, -0.2) is 4.79 Å². The Morgan fingerprint density at radius 1 is 1.31 bits per heavy atom. The molecule has 5 nitrogen and oxygen atoms in total. The van der Waals surface area contributed by atoms with Gasteiger partial charge in [-0.2, -0.15) is 0 Å². The summed E-state index contributed by atoms with van der Waals surface area (Å²) >= 11 is 0. The SMILES string of the molecule is CNC(=O)NCCOc1ccccc1OC. The van der Waals surface area contributed by atoms with Crippen molar-refractivity contribution in [3.63, 3.8) is 0 Å². The topological polar surface area (TPSA) is 59.6 Å². The summed E-state index contributed by atoms with van der Waals surface area (Å²) in [5.74, 6) is 1.35. The minimum Gasteiger partial charge on any atom is -0.493 e. The lowest BCUT2D eigenvalue weighted by atomic mass is 10.3.